The van der Waals surface area contributed by atoms with E-state index in [0.29, 0.717) is 11.1 Å². The van der Waals surface area contributed by atoms with Gasteiger partial charge in [0, 0.05) is 27.8 Å². The van der Waals surface area contributed by atoms with Gasteiger partial charge in [-0.05, 0) is 173 Å². The molecule has 0 aromatic heterocycles. The van der Waals surface area contributed by atoms with E-state index in [1.165, 1.54) is 0 Å². The molecular weight excluding hydrogens is 1210 g/mol. The Kier molecular flexibility index (Phi) is 13.5. The molecule has 2 atom stereocenters. The van der Waals surface area contributed by atoms with Crippen molar-refractivity contribution in [1.82, 2.24) is 0 Å². The largest absolute Gasteiger partial charge is 0.464 e. The molecule has 1 saturated carbocycles. The van der Waals surface area contributed by atoms with E-state index >= 15 is 0 Å². The van der Waals surface area contributed by atoms with Crippen molar-refractivity contribution < 1.29 is 41.6 Å². The van der Waals surface area contributed by atoms with Crippen LogP contribution in [0.25, 0.3) is 0 Å². The zero-order chi connectivity index (χ0) is 29.1. The highest BCUT2D eigenvalue weighted by Crippen LogP contribution is 2.33. The van der Waals surface area contributed by atoms with Gasteiger partial charge in [-0.25, -0.2) is 9.59 Å². The van der Waals surface area contributed by atoms with Crippen LogP contribution in [0.1, 0.15) is 40.0 Å². The van der Waals surface area contributed by atoms with Crippen molar-refractivity contribution in [3.05, 3.63) is 56.8 Å². The summed E-state index contributed by atoms with van der Waals surface area (Å²) in [5, 5.41) is 0. The first-order valence-corrected chi connectivity index (χ1v) is 19.1. The van der Waals surface area contributed by atoms with Crippen LogP contribution < -0.4 is 0 Å². The quantitative estimate of drug-likeness (QED) is 0.107. The van der Waals surface area contributed by atoms with Crippen molar-refractivity contribution >= 4 is 164 Å². The fourth-order valence-electron chi connectivity index (χ4n) is 3.81. The molecule has 1 aliphatic rings. The van der Waals surface area contributed by atoms with Gasteiger partial charge in [-0.2, -0.15) is 8.42 Å². The molecule has 16 heteroatoms. The van der Waals surface area contributed by atoms with Crippen LogP contribution in [0.4, 0.5) is 0 Å². The topological polar surface area (TPSA) is 133 Å². The van der Waals surface area contributed by atoms with E-state index in [-0.39, 0.29) is 19.3 Å². The Labute approximate surface area is 307 Å². The minimum absolute atomic E-state index is 0.112. The van der Waals surface area contributed by atoms with Gasteiger partial charge in [0.1, 0.15) is 24.6 Å². The Bertz CT molecular complexity index is 1320. The summed E-state index contributed by atoms with van der Waals surface area (Å²) in [6.07, 6.45) is -1.11. The summed E-state index contributed by atoms with van der Waals surface area (Å²) < 4.78 is 52.6. The molecule has 3 rings (SSSR count). The number of hydrogen-bond acceptors (Lipinski definition) is 8. The minimum atomic E-state index is -4.31. The van der Waals surface area contributed by atoms with Crippen LogP contribution >= 0.6 is 136 Å². The zero-order valence-corrected chi connectivity index (χ0v) is 33.2. The first kappa shape index (κ1) is 34.6. The number of benzene rings is 2. The molecule has 0 bridgehead atoms. The molecule has 1 N–H and O–H groups in total. The summed E-state index contributed by atoms with van der Waals surface area (Å²) in [7, 11) is -4.31. The fraction of sp³-hybridized carbons (Fsp3) is 0.348. The maximum atomic E-state index is 13.1. The Balaban J connectivity index is 1.81. The molecule has 0 saturated heterocycles. The average Bonchev–Trinajstić information content (AvgIpc) is 2.82. The second kappa shape index (κ2) is 15.2. The summed E-state index contributed by atoms with van der Waals surface area (Å²) in [4.78, 5) is 39.0. The van der Waals surface area contributed by atoms with Crippen molar-refractivity contribution in [2.75, 3.05) is 12.4 Å². The van der Waals surface area contributed by atoms with Crippen molar-refractivity contribution in [1.29, 1.82) is 0 Å². The summed E-state index contributed by atoms with van der Waals surface area (Å²) >= 11 is 12.7. The van der Waals surface area contributed by atoms with E-state index in [2.05, 4.69) is 136 Å². The van der Waals surface area contributed by atoms with E-state index in [9.17, 15) is 22.8 Å². The van der Waals surface area contributed by atoms with Gasteiger partial charge in [0.25, 0.3) is 10.1 Å². The maximum absolute atomic E-state index is 13.1. The molecular formula is C23H18I6O9S. The first-order chi connectivity index (χ1) is 18.1. The Morgan fingerprint density at radius 1 is 0.769 bits per heavy atom. The van der Waals surface area contributed by atoms with Crippen molar-refractivity contribution in [3.63, 3.8) is 0 Å². The summed E-state index contributed by atoms with van der Waals surface area (Å²) in [5.41, 5.74) is 0.780. The molecule has 0 aliphatic heterocycles. The van der Waals surface area contributed by atoms with E-state index in [1.807, 2.05) is 12.1 Å². The highest BCUT2D eigenvalue weighted by Gasteiger charge is 2.38. The van der Waals surface area contributed by atoms with Crippen molar-refractivity contribution in [2.45, 2.75) is 31.5 Å². The highest BCUT2D eigenvalue weighted by atomic mass is 127. The first-order valence-electron chi connectivity index (χ1n) is 11.0. The van der Waals surface area contributed by atoms with Gasteiger partial charge in [0.05, 0.1) is 17.0 Å². The molecule has 2 aromatic rings. The lowest BCUT2D eigenvalue weighted by atomic mass is 9.85. The van der Waals surface area contributed by atoms with Gasteiger partial charge in [-0.3, -0.25) is 9.35 Å². The molecule has 2 unspecified atom stereocenters. The highest BCUT2D eigenvalue weighted by molar-refractivity contribution is 14.1. The van der Waals surface area contributed by atoms with Crippen LogP contribution in [0.3, 0.4) is 0 Å². The summed E-state index contributed by atoms with van der Waals surface area (Å²) in [5.74, 6) is -3.41. The molecule has 1 fully saturated rings. The third-order valence-electron chi connectivity index (χ3n) is 5.51. The Morgan fingerprint density at radius 2 is 1.21 bits per heavy atom. The van der Waals surface area contributed by atoms with Gasteiger partial charge < -0.3 is 14.2 Å². The summed E-state index contributed by atoms with van der Waals surface area (Å²) in [6, 6.07) is 7.30. The number of esters is 3. The molecule has 2 aromatic carbocycles. The van der Waals surface area contributed by atoms with E-state index in [4.69, 9.17) is 18.8 Å². The van der Waals surface area contributed by atoms with Crippen LogP contribution in [0.2, 0.25) is 0 Å². The van der Waals surface area contributed by atoms with Crippen molar-refractivity contribution in [3.8, 4) is 0 Å². The number of halogens is 6. The predicted molar refractivity (Wildman–Crippen MR) is 192 cm³/mol. The van der Waals surface area contributed by atoms with Gasteiger partial charge in [0.2, 0.25) is 0 Å². The second-order valence-electron chi connectivity index (χ2n) is 8.41. The molecule has 39 heavy (non-hydrogen) atoms. The van der Waals surface area contributed by atoms with Gasteiger partial charge >= 0.3 is 17.9 Å². The molecule has 0 radical (unpaired) electrons. The fourth-order valence-corrected chi connectivity index (χ4v) is 8.85. The van der Waals surface area contributed by atoms with E-state index in [1.54, 1.807) is 12.1 Å². The third kappa shape index (κ3) is 10.4. The van der Waals surface area contributed by atoms with Crippen LogP contribution in [0.5, 0.6) is 0 Å². The van der Waals surface area contributed by atoms with Gasteiger partial charge in [-0.15, -0.1) is 0 Å². The zero-order valence-electron chi connectivity index (χ0n) is 19.5. The molecule has 0 amide bonds. The SMILES string of the molecule is O=C(OC1CC(OC(=O)c2cc(I)cc(I)c2I)CC(C(=O)OCCS(=O)(=O)O)C1)c1cc(I)cc(I)c1I. The van der Waals surface area contributed by atoms with Gasteiger partial charge in [0.15, 0.2) is 0 Å². The van der Waals surface area contributed by atoms with E-state index in [0.717, 1.165) is 21.4 Å². The van der Waals surface area contributed by atoms with Crippen LogP contribution in [0.15, 0.2) is 24.3 Å². The lowest BCUT2D eigenvalue weighted by Crippen LogP contribution is -2.39. The average molecular weight is 1230 g/mol. The lowest BCUT2D eigenvalue weighted by molar-refractivity contribution is -0.152. The normalized spacial score (nSPS) is 19.3. The third-order valence-corrected chi connectivity index (χ3v) is 13.5. The van der Waals surface area contributed by atoms with Crippen LogP contribution in [0, 0.1) is 27.3 Å². The monoisotopic (exact) mass is 1230 g/mol. The predicted octanol–water partition coefficient (Wildman–Crippen LogP) is 6.30. The van der Waals surface area contributed by atoms with Crippen LogP contribution in [-0.4, -0.2) is 55.4 Å². The number of hydrogen-bond donors (Lipinski definition) is 1. The second-order valence-corrected chi connectivity index (χ2v) is 17.0. The minimum Gasteiger partial charge on any atom is -0.464 e. The van der Waals surface area contributed by atoms with Crippen molar-refractivity contribution in [2.24, 2.45) is 5.92 Å². The molecule has 1 aliphatic carbocycles. The van der Waals surface area contributed by atoms with Crippen LogP contribution in [-0.2, 0) is 29.1 Å². The number of carbonyl (C=O) groups excluding carboxylic acids is 3. The molecule has 212 valence electrons. The number of rotatable bonds is 8. The maximum Gasteiger partial charge on any atom is 0.339 e. The summed E-state index contributed by atoms with van der Waals surface area (Å²) in [6.45, 7) is -0.527. The van der Waals surface area contributed by atoms with E-state index < -0.39 is 58.5 Å². The molecule has 9 nitrogen and oxygen atoms in total. The Morgan fingerprint density at radius 3 is 1.62 bits per heavy atom. The lowest BCUT2D eigenvalue weighted by Gasteiger charge is -2.33. The standard InChI is InChI=1S/C23H18I6O9S/c24-11-5-15(19(28)17(26)7-11)22(31)37-13-3-10(21(30)36-1-2-39(33,34)35)4-14(9-13)38-23(32)16-6-12(25)8-18(27)20(16)29/h5-8,10,13-14H,1-4,9H2,(H,33,34,35). The van der Waals surface area contributed by atoms with Gasteiger partial charge in [-0.1, -0.05) is 0 Å². The number of carbonyl (C=O) groups is 3. The Hall–Kier alpha value is 1.14. The molecule has 0 heterocycles. The number of ether oxygens (including phenoxy) is 3. The smallest absolute Gasteiger partial charge is 0.339 e. The molecule has 0 spiro atoms.